The summed E-state index contributed by atoms with van der Waals surface area (Å²) in [7, 11) is 0. The Morgan fingerprint density at radius 1 is 1.31 bits per heavy atom. The molecule has 2 atom stereocenters. The smallest absolute Gasteiger partial charge is 0.208 e. The molecular weight excluding hydrogens is 218 g/mol. The summed E-state index contributed by atoms with van der Waals surface area (Å²) in [5, 5.41) is 9.65. The van der Waals surface area contributed by atoms with E-state index in [1.165, 1.54) is 38.5 Å². The lowest BCUT2D eigenvalue weighted by Crippen LogP contribution is -2.48. The summed E-state index contributed by atoms with van der Waals surface area (Å²) >= 11 is 1.61. The molecule has 0 spiro atoms. The maximum Gasteiger partial charge on any atom is 0.208 e. The van der Waals surface area contributed by atoms with Crippen molar-refractivity contribution < 1.29 is 0 Å². The molecule has 2 aliphatic rings. The first-order valence-corrected chi connectivity index (χ1v) is 7.36. The maximum absolute atomic E-state index is 8.72. The number of thioether (sulfide) groups is 1. The molecule has 0 radical (unpaired) electrons. The third-order valence-electron chi connectivity index (χ3n) is 3.82. The molecule has 1 heterocycles. The zero-order chi connectivity index (χ0) is 11.4. The molecule has 0 aromatic heterocycles. The molecule has 0 amide bonds. The average molecular weight is 237 g/mol. The Bertz CT molecular complexity index is 306. The van der Waals surface area contributed by atoms with Gasteiger partial charge in [-0.15, -0.1) is 4.99 Å². The van der Waals surface area contributed by atoms with E-state index >= 15 is 0 Å². The van der Waals surface area contributed by atoms with Gasteiger partial charge in [0.2, 0.25) is 6.19 Å². The van der Waals surface area contributed by atoms with E-state index in [4.69, 9.17) is 5.26 Å². The van der Waals surface area contributed by atoms with Gasteiger partial charge in [0.25, 0.3) is 0 Å². The van der Waals surface area contributed by atoms with E-state index < -0.39 is 0 Å². The van der Waals surface area contributed by atoms with Gasteiger partial charge >= 0.3 is 0 Å². The van der Waals surface area contributed by atoms with Crippen LogP contribution in [0.1, 0.15) is 38.5 Å². The Morgan fingerprint density at radius 2 is 2.06 bits per heavy atom. The van der Waals surface area contributed by atoms with Gasteiger partial charge < -0.3 is 4.90 Å². The molecule has 16 heavy (non-hydrogen) atoms. The predicted molar refractivity (Wildman–Crippen MR) is 68.2 cm³/mol. The van der Waals surface area contributed by atoms with E-state index in [9.17, 15) is 0 Å². The second-order valence-electron chi connectivity index (χ2n) is 4.65. The fourth-order valence-electron chi connectivity index (χ4n) is 3.13. The molecule has 3 nitrogen and oxygen atoms in total. The van der Waals surface area contributed by atoms with Crippen molar-refractivity contribution in [2.75, 3.05) is 12.8 Å². The first-order chi connectivity index (χ1) is 7.86. The Labute approximate surface area is 102 Å². The number of piperidine rings is 1. The van der Waals surface area contributed by atoms with Gasteiger partial charge in [-0.1, -0.05) is 24.6 Å². The Balaban J connectivity index is 2.13. The summed E-state index contributed by atoms with van der Waals surface area (Å²) in [5.41, 5.74) is 0. The molecule has 2 rings (SSSR count). The van der Waals surface area contributed by atoms with Crippen LogP contribution in [0, 0.1) is 17.4 Å². The molecule has 0 bridgehead atoms. The summed E-state index contributed by atoms with van der Waals surface area (Å²) < 4.78 is 0. The van der Waals surface area contributed by atoms with Gasteiger partial charge in [-0.25, -0.2) is 0 Å². The van der Waals surface area contributed by atoms with Gasteiger partial charge in [0, 0.05) is 12.6 Å². The normalized spacial score (nSPS) is 30.8. The SMILES string of the molecule is CSC(=NC#N)N1CCC[C@H]2CCCC[C@H]21. The second-order valence-corrected chi connectivity index (χ2v) is 5.42. The fourth-order valence-corrected chi connectivity index (χ4v) is 3.73. The van der Waals surface area contributed by atoms with Crippen molar-refractivity contribution in [2.45, 2.75) is 44.6 Å². The van der Waals surface area contributed by atoms with Crippen molar-refractivity contribution in [1.29, 1.82) is 5.26 Å². The lowest BCUT2D eigenvalue weighted by atomic mass is 9.78. The summed E-state index contributed by atoms with van der Waals surface area (Å²) in [6.07, 6.45) is 12.0. The zero-order valence-electron chi connectivity index (χ0n) is 9.85. The molecule has 0 unspecified atom stereocenters. The third kappa shape index (κ3) is 2.35. The lowest BCUT2D eigenvalue weighted by Gasteiger charge is -2.45. The van der Waals surface area contributed by atoms with Crippen molar-refractivity contribution in [3.63, 3.8) is 0 Å². The number of hydrogen-bond donors (Lipinski definition) is 0. The molecule has 4 heteroatoms. The van der Waals surface area contributed by atoms with Crippen LogP contribution in [0.15, 0.2) is 4.99 Å². The summed E-state index contributed by atoms with van der Waals surface area (Å²) in [6, 6.07) is 0.655. The highest BCUT2D eigenvalue weighted by molar-refractivity contribution is 8.13. The average Bonchev–Trinajstić information content (AvgIpc) is 2.35. The summed E-state index contributed by atoms with van der Waals surface area (Å²) in [4.78, 5) is 6.36. The molecular formula is C12H19N3S. The van der Waals surface area contributed by atoms with Crippen LogP contribution in [0.3, 0.4) is 0 Å². The number of nitriles is 1. The van der Waals surface area contributed by atoms with Crippen molar-refractivity contribution in [3.05, 3.63) is 0 Å². The van der Waals surface area contributed by atoms with E-state index in [0.29, 0.717) is 6.04 Å². The van der Waals surface area contributed by atoms with Crippen molar-refractivity contribution in [1.82, 2.24) is 4.90 Å². The van der Waals surface area contributed by atoms with Crippen LogP contribution < -0.4 is 0 Å². The van der Waals surface area contributed by atoms with E-state index in [0.717, 1.165) is 17.6 Å². The zero-order valence-corrected chi connectivity index (χ0v) is 10.7. The highest BCUT2D eigenvalue weighted by Crippen LogP contribution is 2.36. The number of nitrogens with zero attached hydrogens (tertiary/aromatic N) is 3. The van der Waals surface area contributed by atoms with Gasteiger partial charge in [0.15, 0.2) is 5.17 Å². The van der Waals surface area contributed by atoms with E-state index in [2.05, 4.69) is 9.89 Å². The van der Waals surface area contributed by atoms with Crippen LogP contribution in [0.2, 0.25) is 0 Å². The van der Waals surface area contributed by atoms with Gasteiger partial charge in [0.1, 0.15) is 0 Å². The molecule has 0 aromatic rings. The van der Waals surface area contributed by atoms with E-state index in [1.54, 1.807) is 11.8 Å². The topological polar surface area (TPSA) is 39.4 Å². The molecule has 0 N–H and O–H groups in total. The minimum absolute atomic E-state index is 0.655. The minimum Gasteiger partial charge on any atom is -0.347 e. The standard InChI is InChI=1S/C12H19N3S/c1-16-12(14-9-13)15-8-4-6-10-5-2-3-7-11(10)15/h10-11H,2-8H2,1H3/t10-,11-/m1/s1. The van der Waals surface area contributed by atoms with Crippen LogP contribution in [0.4, 0.5) is 0 Å². The molecule has 1 aliphatic heterocycles. The third-order valence-corrected chi connectivity index (χ3v) is 4.51. The second kappa shape index (κ2) is 5.58. The van der Waals surface area contributed by atoms with Crippen molar-refractivity contribution >= 4 is 16.9 Å². The largest absolute Gasteiger partial charge is 0.347 e. The number of fused-ring (bicyclic) bond motifs is 1. The van der Waals surface area contributed by atoms with Crippen LogP contribution in [-0.4, -0.2) is 28.9 Å². The minimum atomic E-state index is 0.655. The van der Waals surface area contributed by atoms with E-state index in [1.807, 2.05) is 12.4 Å². The van der Waals surface area contributed by atoms with Crippen LogP contribution >= 0.6 is 11.8 Å². The van der Waals surface area contributed by atoms with E-state index in [-0.39, 0.29) is 0 Å². The van der Waals surface area contributed by atoms with Crippen LogP contribution in [0.25, 0.3) is 0 Å². The molecule has 2 fully saturated rings. The number of amidine groups is 1. The Kier molecular flexibility index (Phi) is 4.11. The lowest BCUT2D eigenvalue weighted by molar-refractivity contribution is 0.122. The molecule has 88 valence electrons. The number of rotatable bonds is 0. The monoisotopic (exact) mass is 237 g/mol. The predicted octanol–water partition coefficient (Wildman–Crippen LogP) is 2.84. The maximum atomic E-state index is 8.72. The summed E-state index contributed by atoms with van der Waals surface area (Å²) in [5.74, 6) is 0.846. The Morgan fingerprint density at radius 3 is 2.81 bits per heavy atom. The molecule has 1 saturated carbocycles. The van der Waals surface area contributed by atoms with Gasteiger partial charge in [-0.3, -0.25) is 0 Å². The van der Waals surface area contributed by atoms with Gasteiger partial charge in [-0.2, -0.15) is 5.26 Å². The Hall–Kier alpha value is -0.690. The first kappa shape index (κ1) is 11.8. The number of aliphatic imine (C=N–C) groups is 1. The molecule has 1 saturated heterocycles. The van der Waals surface area contributed by atoms with Crippen molar-refractivity contribution in [2.24, 2.45) is 10.9 Å². The number of hydrogen-bond acceptors (Lipinski definition) is 3. The highest BCUT2D eigenvalue weighted by atomic mass is 32.2. The summed E-state index contributed by atoms with van der Waals surface area (Å²) in [6.45, 7) is 1.09. The highest BCUT2D eigenvalue weighted by Gasteiger charge is 2.34. The van der Waals surface area contributed by atoms with Gasteiger partial charge in [-0.05, 0) is 37.9 Å². The fraction of sp³-hybridized carbons (Fsp3) is 0.833. The van der Waals surface area contributed by atoms with Gasteiger partial charge in [0.05, 0.1) is 0 Å². The number of likely N-dealkylation sites (tertiary alicyclic amines) is 1. The quantitative estimate of drug-likeness (QED) is 0.369. The molecule has 1 aliphatic carbocycles. The van der Waals surface area contributed by atoms with Crippen molar-refractivity contribution in [3.8, 4) is 6.19 Å². The first-order valence-electron chi connectivity index (χ1n) is 6.14. The van der Waals surface area contributed by atoms with Crippen LogP contribution in [0.5, 0.6) is 0 Å². The van der Waals surface area contributed by atoms with Crippen LogP contribution in [-0.2, 0) is 0 Å². The molecule has 0 aromatic carbocycles.